The maximum absolute atomic E-state index is 12.5. The third-order valence-corrected chi connectivity index (χ3v) is 5.09. The Morgan fingerprint density at radius 1 is 1.22 bits per heavy atom. The molecule has 0 saturated carbocycles. The number of hydrogen-bond donors (Lipinski definition) is 1. The lowest BCUT2D eigenvalue weighted by Crippen LogP contribution is -2.42. The number of nitrogens with one attached hydrogen (secondary N) is 1. The van der Waals surface area contributed by atoms with E-state index in [4.69, 9.17) is 16.3 Å². The Labute approximate surface area is 165 Å². The largest absolute Gasteiger partial charge is 0.379 e. The van der Waals surface area contributed by atoms with Crippen LogP contribution >= 0.6 is 11.6 Å². The molecule has 2 aromatic carbocycles. The van der Waals surface area contributed by atoms with Gasteiger partial charge in [0.2, 0.25) is 5.91 Å². The minimum Gasteiger partial charge on any atom is -0.379 e. The summed E-state index contributed by atoms with van der Waals surface area (Å²) in [5.74, 6) is -0.117. The molecule has 0 bridgehead atoms. The molecule has 0 spiro atoms. The van der Waals surface area contributed by atoms with Crippen LogP contribution in [0.15, 0.2) is 54.6 Å². The lowest BCUT2D eigenvalue weighted by Gasteiger charge is -2.31. The molecule has 1 fully saturated rings. The van der Waals surface area contributed by atoms with Crippen molar-refractivity contribution in [2.45, 2.75) is 13.0 Å². The van der Waals surface area contributed by atoms with Crippen LogP contribution in [-0.4, -0.2) is 43.7 Å². The molecule has 4 nitrogen and oxygen atoms in total. The van der Waals surface area contributed by atoms with Gasteiger partial charge in [-0.3, -0.25) is 9.69 Å². The van der Waals surface area contributed by atoms with Gasteiger partial charge in [0, 0.05) is 30.7 Å². The number of nitrogens with zero attached hydrogens (tertiary/aromatic N) is 1. The minimum atomic E-state index is -0.117. The van der Waals surface area contributed by atoms with Gasteiger partial charge in [0.25, 0.3) is 0 Å². The number of aryl methyl sites for hydroxylation is 1. The molecule has 2 aromatic rings. The highest BCUT2D eigenvalue weighted by Gasteiger charge is 2.19. The second-order valence-corrected chi connectivity index (χ2v) is 7.13. The predicted octanol–water partition coefficient (Wildman–Crippen LogP) is 3.85. The van der Waals surface area contributed by atoms with Crippen LogP contribution in [0, 0.1) is 6.92 Å². The zero-order valence-corrected chi connectivity index (χ0v) is 16.3. The second-order valence-electron chi connectivity index (χ2n) is 6.73. The second kappa shape index (κ2) is 9.70. The zero-order valence-electron chi connectivity index (χ0n) is 15.5. The van der Waals surface area contributed by atoms with Gasteiger partial charge in [0.15, 0.2) is 0 Å². The molecule has 5 heteroatoms. The van der Waals surface area contributed by atoms with Crippen LogP contribution < -0.4 is 5.32 Å². The Balaban J connectivity index is 1.67. The van der Waals surface area contributed by atoms with Crippen molar-refractivity contribution in [3.63, 3.8) is 0 Å². The molecule has 1 aliphatic rings. The first-order valence-electron chi connectivity index (χ1n) is 9.21. The van der Waals surface area contributed by atoms with Gasteiger partial charge in [-0.2, -0.15) is 0 Å². The third-order valence-electron chi connectivity index (χ3n) is 4.69. The van der Waals surface area contributed by atoms with Crippen LogP contribution in [0.4, 0.5) is 0 Å². The fourth-order valence-electron chi connectivity index (χ4n) is 3.07. The fourth-order valence-corrected chi connectivity index (χ4v) is 3.26. The quantitative estimate of drug-likeness (QED) is 0.769. The van der Waals surface area contributed by atoms with Gasteiger partial charge in [0.1, 0.15) is 0 Å². The van der Waals surface area contributed by atoms with Gasteiger partial charge in [-0.05, 0) is 35.8 Å². The summed E-state index contributed by atoms with van der Waals surface area (Å²) in [5, 5.41) is 3.84. The molecule has 1 heterocycles. The maximum atomic E-state index is 12.5. The molecule has 1 N–H and O–H groups in total. The summed E-state index contributed by atoms with van der Waals surface area (Å²) in [6.07, 6.45) is 3.35. The van der Waals surface area contributed by atoms with Crippen LogP contribution in [0.5, 0.6) is 0 Å². The normalized spacial score (nSPS) is 16.4. The summed E-state index contributed by atoms with van der Waals surface area (Å²) in [5.41, 5.74) is 3.03. The van der Waals surface area contributed by atoms with Crippen LogP contribution in [-0.2, 0) is 9.53 Å². The van der Waals surface area contributed by atoms with Gasteiger partial charge < -0.3 is 10.1 Å². The first-order valence-corrected chi connectivity index (χ1v) is 9.59. The predicted molar refractivity (Wildman–Crippen MR) is 110 cm³/mol. The lowest BCUT2D eigenvalue weighted by molar-refractivity contribution is -0.117. The van der Waals surface area contributed by atoms with E-state index in [9.17, 15) is 4.79 Å². The Hall–Kier alpha value is -2.14. The summed E-state index contributed by atoms with van der Waals surface area (Å²) in [6.45, 7) is 5.98. The Bertz CT molecular complexity index is 786. The van der Waals surface area contributed by atoms with Gasteiger partial charge in [-0.15, -0.1) is 0 Å². The zero-order chi connectivity index (χ0) is 19.1. The van der Waals surface area contributed by atoms with E-state index in [1.54, 1.807) is 12.2 Å². The number of morpholine rings is 1. The molecule has 0 aromatic heterocycles. The van der Waals surface area contributed by atoms with Gasteiger partial charge >= 0.3 is 0 Å². The summed E-state index contributed by atoms with van der Waals surface area (Å²) < 4.78 is 5.42. The highest BCUT2D eigenvalue weighted by atomic mass is 35.5. The number of halogens is 1. The molecule has 0 radical (unpaired) electrons. The lowest BCUT2D eigenvalue weighted by atomic mass is 10.1. The van der Waals surface area contributed by atoms with Crippen LogP contribution in [0.1, 0.15) is 22.7 Å². The van der Waals surface area contributed by atoms with E-state index in [1.165, 1.54) is 0 Å². The van der Waals surface area contributed by atoms with Crippen LogP contribution in [0.25, 0.3) is 6.08 Å². The van der Waals surface area contributed by atoms with E-state index in [0.717, 1.165) is 49.5 Å². The fraction of sp³-hybridized carbons (Fsp3) is 0.318. The van der Waals surface area contributed by atoms with Crippen molar-refractivity contribution in [1.82, 2.24) is 10.2 Å². The average molecular weight is 385 g/mol. The van der Waals surface area contributed by atoms with Crippen molar-refractivity contribution < 1.29 is 9.53 Å². The first-order chi connectivity index (χ1) is 13.1. The van der Waals surface area contributed by atoms with Crippen molar-refractivity contribution >= 4 is 23.6 Å². The average Bonchev–Trinajstić information content (AvgIpc) is 2.70. The van der Waals surface area contributed by atoms with Crippen molar-refractivity contribution in [3.8, 4) is 0 Å². The van der Waals surface area contributed by atoms with E-state index < -0.39 is 0 Å². The highest BCUT2D eigenvalue weighted by molar-refractivity contribution is 6.31. The number of ether oxygens (including phenoxy) is 1. The molecule has 27 heavy (non-hydrogen) atoms. The van der Waals surface area contributed by atoms with Crippen LogP contribution in [0.2, 0.25) is 5.02 Å². The van der Waals surface area contributed by atoms with Crippen molar-refractivity contribution in [3.05, 3.63) is 76.3 Å². The summed E-state index contributed by atoms with van der Waals surface area (Å²) in [6, 6.07) is 15.8. The molecule has 0 unspecified atom stereocenters. The number of amides is 1. The van der Waals surface area contributed by atoms with Crippen molar-refractivity contribution in [2.75, 3.05) is 32.8 Å². The number of carbonyl (C=O) groups excluding carboxylic acids is 1. The number of rotatable bonds is 6. The standard InChI is InChI=1S/C22H25ClN2O2/c1-17-7-8-18(15-20(17)23)9-10-22(26)24-21(19-5-3-2-4-6-19)16-25-11-13-27-14-12-25/h2-10,15,21H,11-14,16H2,1H3,(H,24,26)/b10-9+/t21-/m1/s1. The summed E-state index contributed by atoms with van der Waals surface area (Å²) in [4.78, 5) is 14.8. The van der Waals surface area contributed by atoms with Crippen molar-refractivity contribution in [2.24, 2.45) is 0 Å². The molecule has 3 rings (SSSR count). The molecule has 1 saturated heterocycles. The number of benzene rings is 2. The molecule has 1 atom stereocenters. The van der Waals surface area contributed by atoms with E-state index in [1.807, 2.05) is 43.3 Å². The van der Waals surface area contributed by atoms with Crippen molar-refractivity contribution in [1.29, 1.82) is 0 Å². The van der Waals surface area contributed by atoms with Crippen LogP contribution in [0.3, 0.4) is 0 Å². The Morgan fingerprint density at radius 2 is 1.96 bits per heavy atom. The summed E-state index contributed by atoms with van der Waals surface area (Å²) >= 11 is 6.15. The molecule has 0 aliphatic carbocycles. The topological polar surface area (TPSA) is 41.6 Å². The van der Waals surface area contributed by atoms with Gasteiger partial charge in [0.05, 0.1) is 19.3 Å². The Morgan fingerprint density at radius 3 is 2.67 bits per heavy atom. The Kier molecular flexibility index (Phi) is 7.04. The first kappa shape index (κ1) is 19.6. The third kappa shape index (κ3) is 5.93. The molecule has 1 amide bonds. The van der Waals surface area contributed by atoms with E-state index in [0.29, 0.717) is 5.02 Å². The molecular weight excluding hydrogens is 360 g/mol. The van der Waals surface area contributed by atoms with E-state index >= 15 is 0 Å². The van der Waals surface area contributed by atoms with Gasteiger partial charge in [-0.25, -0.2) is 0 Å². The van der Waals surface area contributed by atoms with E-state index in [-0.39, 0.29) is 11.9 Å². The molecule has 142 valence electrons. The number of hydrogen-bond acceptors (Lipinski definition) is 3. The van der Waals surface area contributed by atoms with E-state index in [2.05, 4.69) is 22.3 Å². The maximum Gasteiger partial charge on any atom is 0.244 e. The SMILES string of the molecule is Cc1ccc(/C=C/C(=O)N[C@H](CN2CCOCC2)c2ccccc2)cc1Cl. The molecular formula is C22H25ClN2O2. The minimum absolute atomic E-state index is 0.0666. The summed E-state index contributed by atoms with van der Waals surface area (Å²) in [7, 11) is 0. The molecule has 1 aliphatic heterocycles. The smallest absolute Gasteiger partial charge is 0.244 e. The highest BCUT2D eigenvalue weighted by Crippen LogP contribution is 2.18. The monoisotopic (exact) mass is 384 g/mol. The van der Waals surface area contributed by atoms with Gasteiger partial charge in [-0.1, -0.05) is 54.1 Å². The number of carbonyl (C=O) groups is 1.